The summed E-state index contributed by atoms with van der Waals surface area (Å²) in [5.41, 5.74) is 0.266. The monoisotopic (exact) mass is 274 g/mol. The summed E-state index contributed by atoms with van der Waals surface area (Å²) in [6.45, 7) is 5.03. The molecule has 2 fully saturated rings. The zero-order valence-corrected chi connectivity index (χ0v) is 12.4. The fourth-order valence-electron chi connectivity index (χ4n) is 3.47. The van der Waals surface area contributed by atoms with Gasteiger partial charge in [0, 0.05) is 37.5 Å². The number of rotatable bonds is 3. The van der Waals surface area contributed by atoms with E-state index in [1.54, 1.807) is 0 Å². The molecule has 0 aromatic rings. The molecule has 0 aromatic heterocycles. The van der Waals surface area contributed by atoms with Crippen LogP contribution in [-0.4, -0.2) is 56.5 Å². The standard InChI is InChI=1S/C13H26N2O2S/c1-12(10-18(2,16)17)15-9-8-14-13(11-15)6-4-3-5-7-13/h12,14H,3-11H2,1-2H3. The average Bonchev–Trinajstić information content (AvgIpc) is 2.28. The molecule has 0 aromatic carbocycles. The number of hydrogen-bond acceptors (Lipinski definition) is 4. The van der Waals surface area contributed by atoms with Crippen molar-refractivity contribution in [3.05, 3.63) is 0 Å². The summed E-state index contributed by atoms with van der Waals surface area (Å²) >= 11 is 0. The molecule has 1 atom stereocenters. The molecule has 2 rings (SSSR count). The normalized spacial score (nSPS) is 27.2. The third-order valence-electron chi connectivity index (χ3n) is 4.38. The summed E-state index contributed by atoms with van der Waals surface area (Å²) in [7, 11) is -2.88. The molecule has 1 saturated heterocycles. The Morgan fingerprint density at radius 3 is 2.56 bits per heavy atom. The van der Waals surface area contributed by atoms with Gasteiger partial charge in [-0.1, -0.05) is 19.3 Å². The predicted molar refractivity (Wildman–Crippen MR) is 74.6 cm³/mol. The maximum Gasteiger partial charge on any atom is 0.148 e. The second kappa shape index (κ2) is 5.47. The van der Waals surface area contributed by atoms with Crippen LogP contribution in [0.15, 0.2) is 0 Å². The van der Waals surface area contributed by atoms with Crippen LogP contribution in [0.5, 0.6) is 0 Å². The lowest BCUT2D eigenvalue weighted by Gasteiger charge is -2.47. The van der Waals surface area contributed by atoms with Gasteiger partial charge in [-0.2, -0.15) is 0 Å². The number of nitrogens with one attached hydrogen (secondary N) is 1. The molecule has 0 radical (unpaired) electrons. The zero-order valence-electron chi connectivity index (χ0n) is 11.6. The summed E-state index contributed by atoms with van der Waals surface area (Å²) in [5, 5.41) is 3.69. The van der Waals surface area contributed by atoms with Gasteiger partial charge in [0.15, 0.2) is 0 Å². The Morgan fingerprint density at radius 2 is 1.94 bits per heavy atom. The van der Waals surface area contributed by atoms with E-state index in [-0.39, 0.29) is 17.3 Å². The van der Waals surface area contributed by atoms with E-state index in [9.17, 15) is 8.42 Å². The Balaban J connectivity index is 1.97. The lowest BCUT2D eigenvalue weighted by atomic mass is 9.80. The van der Waals surface area contributed by atoms with Crippen molar-refractivity contribution in [3.63, 3.8) is 0 Å². The van der Waals surface area contributed by atoms with Crippen LogP contribution in [-0.2, 0) is 9.84 Å². The van der Waals surface area contributed by atoms with Crippen molar-refractivity contribution < 1.29 is 8.42 Å². The minimum Gasteiger partial charge on any atom is -0.309 e. The number of nitrogens with zero attached hydrogens (tertiary/aromatic N) is 1. The van der Waals surface area contributed by atoms with Gasteiger partial charge in [-0.05, 0) is 19.8 Å². The van der Waals surface area contributed by atoms with E-state index >= 15 is 0 Å². The lowest BCUT2D eigenvalue weighted by Crippen LogP contribution is -2.63. The molecule has 1 unspecified atom stereocenters. The molecule has 1 saturated carbocycles. The molecule has 1 N–H and O–H groups in total. The number of piperazine rings is 1. The van der Waals surface area contributed by atoms with Crippen molar-refractivity contribution in [2.24, 2.45) is 0 Å². The van der Waals surface area contributed by atoms with Crippen LogP contribution >= 0.6 is 0 Å². The molecular formula is C13H26N2O2S. The van der Waals surface area contributed by atoms with E-state index in [2.05, 4.69) is 10.2 Å². The zero-order chi connectivity index (χ0) is 13.2. The van der Waals surface area contributed by atoms with Crippen LogP contribution in [0.4, 0.5) is 0 Å². The molecule has 4 nitrogen and oxygen atoms in total. The van der Waals surface area contributed by atoms with Crippen LogP contribution in [0.25, 0.3) is 0 Å². The van der Waals surface area contributed by atoms with Gasteiger partial charge in [-0.3, -0.25) is 4.90 Å². The van der Waals surface area contributed by atoms with Crippen LogP contribution in [0, 0.1) is 0 Å². The average molecular weight is 274 g/mol. The minimum atomic E-state index is -2.88. The second-order valence-electron chi connectivity index (χ2n) is 6.18. The van der Waals surface area contributed by atoms with E-state index in [1.165, 1.54) is 38.4 Å². The van der Waals surface area contributed by atoms with Crippen LogP contribution < -0.4 is 5.32 Å². The number of sulfone groups is 1. The summed E-state index contributed by atoms with van der Waals surface area (Å²) < 4.78 is 22.8. The molecule has 18 heavy (non-hydrogen) atoms. The minimum absolute atomic E-state index is 0.140. The first-order chi connectivity index (χ1) is 8.40. The molecule has 0 amide bonds. The topological polar surface area (TPSA) is 49.4 Å². The number of hydrogen-bond donors (Lipinski definition) is 1. The molecule has 2 aliphatic rings. The largest absolute Gasteiger partial charge is 0.309 e. The van der Waals surface area contributed by atoms with Gasteiger partial charge in [0.2, 0.25) is 0 Å². The highest BCUT2D eigenvalue weighted by Gasteiger charge is 2.37. The predicted octanol–water partition coefficient (Wildman–Crippen LogP) is 1.03. The van der Waals surface area contributed by atoms with Crippen molar-refractivity contribution in [3.8, 4) is 0 Å². The van der Waals surface area contributed by atoms with E-state index in [1.807, 2.05) is 6.92 Å². The van der Waals surface area contributed by atoms with Crippen molar-refractivity contribution in [1.29, 1.82) is 0 Å². The van der Waals surface area contributed by atoms with E-state index in [0.717, 1.165) is 19.6 Å². The Kier molecular flexibility index (Phi) is 4.34. The second-order valence-corrected chi connectivity index (χ2v) is 8.36. The third kappa shape index (κ3) is 3.68. The Morgan fingerprint density at radius 1 is 1.28 bits per heavy atom. The fraction of sp³-hybridized carbons (Fsp3) is 1.00. The molecular weight excluding hydrogens is 248 g/mol. The van der Waals surface area contributed by atoms with Gasteiger partial charge in [0.05, 0.1) is 5.75 Å². The van der Waals surface area contributed by atoms with Crippen molar-refractivity contribution >= 4 is 9.84 Å². The van der Waals surface area contributed by atoms with Crippen LogP contribution in [0.1, 0.15) is 39.0 Å². The summed E-state index contributed by atoms with van der Waals surface area (Å²) in [6, 6.07) is 0.140. The first-order valence-corrected chi connectivity index (χ1v) is 9.13. The molecule has 1 heterocycles. The maximum absolute atomic E-state index is 11.4. The Bertz CT molecular complexity index is 369. The lowest BCUT2D eigenvalue weighted by molar-refractivity contribution is 0.0793. The highest BCUT2D eigenvalue weighted by atomic mass is 32.2. The van der Waals surface area contributed by atoms with Crippen molar-refractivity contribution in [2.45, 2.75) is 50.6 Å². The van der Waals surface area contributed by atoms with E-state index in [4.69, 9.17) is 0 Å². The van der Waals surface area contributed by atoms with E-state index in [0.29, 0.717) is 0 Å². The van der Waals surface area contributed by atoms with Gasteiger partial charge >= 0.3 is 0 Å². The molecule has 1 aliphatic carbocycles. The molecule has 1 spiro atoms. The van der Waals surface area contributed by atoms with Gasteiger partial charge < -0.3 is 5.32 Å². The van der Waals surface area contributed by atoms with E-state index < -0.39 is 9.84 Å². The summed E-state index contributed by atoms with van der Waals surface area (Å²) in [4.78, 5) is 2.36. The maximum atomic E-state index is 11.4. The van der Waals surface area contributed by atoms with Gasteiger partial charge in [0.25, 0.3) is 0 Å². The van der Waals surface area contributed by atoms with Crippen molar-refractivity contribution in [1.82, 2.24) is 10.2 Å². The van der Waals surface area contributed by atoms with Gasteiger partial charge in [-0.15, -0.1) is 0 Å². The Labute approximate surface area is 111 Å². The Hall–Kier alpha value is -0.130. The SMILES string of the molecule is CC(CS(C)(=O)=O)N1CCNC2(CCCCC2)C1. The molecule has 5 heteroatoms. The summed E-state index contributed by atoms with van der Waals surface area (Å²) in [5.74, 6) is 0.281. The quantitative estimate of drug-likeness (QED) is 0.835. The third-order valence-corrected chi connectivity index (χ3v) is 5.47. The smallest absolute Gasteiger partial charge is 0.148 e. The van der Waals surface area contributed by atoms with Gasteiger partial charge in [0.1, 0.15) is 9.84 Å². The molecule has 1 aliphatic heterocycles. The van der Waals surface area contributed by atoms with Crippen LogP contribution in [0.2, 0.25) is 0 Å². The van der Waals surface area contributed by atoms with Crippen molar-refractivity contribution in [2.75, 3.05) is 31.6 Å². The highest BCUT2D eigenvalue weighted by Crippen LogP contribution is 2.31. The van der Waals surface area contributed by atoms with Gasteiger partial charge in [-0.25, -0.2) is 8.42 Å². The molecule has 0 bridgehead atoms. The highest BCUT2D eigenvalue weighted by molar-refractivity contribution is 7.90. The molecule has 106 valence electrons. The van der Waals surface area contributed by atoms with Crippen LogP contribution in [0.3, 0.4) is 0 Å². The fourth-order valence-corrected chi connectivity index (χ4v) is 4.56. The first kappa shape index (κ1) is 14.3. The first-order valence-electron chi connectivity index (χ1n) is 7.07. The summed E-state index contributed by atoms with van der Waals surface area (Å²) in [6.07, 6.45) is 7.79.